The highest BCUT2D eigenvalue weighted by atomic mass is 32.2. The second-order valence-electron chi connectivity index (χ2n) is 5.19. The fourth-order valence-electron chi connectivity index (χ4n) is 1.94. The van der Waals surface area contributed by atoms with Crippen LogP contribution in [0.25, 0.3) is 0 Å². The number of rotatable bonds is 3. The molecule has 1 aromatic heterocycles. The standard InChI is InChI=1S/C12H17NO5S2/c1-12(2)5-6-13(7-8-19-12)20(16,17)10-4-3-9(18-10)11(14)15/h3-4H,5-8H2,1-2H3,(H,14,15). The van der Waals surface area contributed by atoms with Crippen LogP contribution in [0.3, 0.4) is 0 Å². The molecule has 0 amide bonds. The van der Waals surface area contributed by atoms with Crippen molar-refractivity contribution < 1.29 is 22.7 Å². The van der Waals surface area contributed by atoms with Gasteiger partial charge in [-0.25, -0.2) is 13.2 Å². The van der Waals surface area contributed by atoms with E-state index in [4.69, 9.17) is 9.52 Å². The smallest absolute Gasteiger partial charge is 0.371 e. The van der Waals surface area contributed by atoms with Gasteiger partial charge >= 0.3 is 5.97 Å². The van der Waals surface area contributed by atoms with Gasteiger partial charge in [0.2, 0.25) is 10.9 Å². The Balaban J connectivity index is 2.23. The summed E-state index contributed by atoms with van der Waals surface area (Å²) < 4.78 is 31.2. The molecule has 1 saturated heterocycles. The zero-order valence-electron chi connectivity index (χ0n) is 11.3. The molecular weight excluding hydrogens is 302 g/mol. The highest BCUT2D eigenvalue weighted by Crippen LogP contribution is 2.32. The van der Waals surface area contributed by atoms with Gasteiger partial charge in [-0.05, 0) is 18.6 Å². The molecule has 1 aromatic rings. The van der Waals surface area contributed by atoms with Gasteiger partial charge < -0.3 is 9.52 Å². The summed E-state index contributed by atoms with van der Waals surface area (Å²) in [5.74, 6) is -0.939. The molecule has 2 heterocycles. The van der Waals surface area contributed by atoms with Crippen molar-refractivity contribution in [3.05, 3.63) is 17.9 Å². The van der Waals surface area contributed by atoms with Crippen LogP contribution in [-0.2, 0) is 10.0 Å². The molecule has 1 N–H and O–H groups in total. The van der Waals surface area contributed by atoms with Gasteiger partial charge in [-0.1, -0.05) is 13.8 Å². The van der Waals surface area contributed by atoms with Crippen molar-refractivity contribution >= 4 is 27.8 Å². The summed E-state index contributed by atoms with van der Waals surface area (Å²) in [6, 6.07) is 2.35. The van der Waals surface area contributed by atoms with Crippen molar-refractivity contribution in [2.24, 2.45) is 0 Å². The second kappa shape index (κ2) is 5.42. The number of carboxylic acid groups (broad SMARTS) is 1. The molecule has 2 rings (SSSR count). The van der Waals surface area contributed by atoms with E-state index >= 15 is 0 Å². The van der Waals surface area contributed by atoms with Crippen LogP contribution >= 0.6 is 11.8 Å². The molecule has 20 heavy (non-hydrogen) atoms. The third-order valence-corrected chi connectivity index (χ3v) is 6.33. The fourth-order valence-corrected chi connectivity index (χ4v) is 4.51. The van der Waals surface area contributed by atoms with E-state index in [1.54, 1.807) is 11.8 Å². The lowest BCUT2D eigenvalue weighted by Gasteiger charge is -2.21. The molecule has 0 unspecified atom stereocenters. The summed E-state index contributed by atoms with van der Waals surface area (Å²) in [5.41, 5.74) is 0. The zero-order chi connectivity index (χ0) is 15.0. The van der Waals surface area contributed by atoms with Crippen LogP contribution in [0.2, 0.25) is 0 Å². The minimum Gasteiger partial charge on any atom is -0.475 e. The summed E-state index contributed by atoms with van der Waals surface area (Å²) in [7, 11) is -3.76. The third-order valence-electron chi connectivity index (χ3n) is 3.18. The van der Waals surface area contributed by atoms with E-state index in [9.17, 15) is 13.2 Å². The Morgan fingerprint density at radius 3 is 2.70 bits per heavy atom. The molecule has 0 aromatic carbocycles. The quantitative estimate of drug-likeness (QED) is 0.915. The minimum atomic E-state index is -3.76. The maximum atomic E-state index is 12.4. The van der Waals surface area contributed by atoms with Crippen molar-refractivity contribution in [2.75, 3.05) is 18.8 Å². The van der Waals surface area contributed by atoms with E-state index in [2.05, 4.69) is 13.8 Å². The highest BCUT2D eigenvalue weighted by molar-refractivity contribution is 8.00. The van der Waals surface area contributed by atoms with Crippen molar-refractivity contribution in [3.63, 3.8) is 0 Å². The molecule has 112 valence electrons. The van der Waals surface area contributed by atoms with Crippen LogP contribution in [0.15, 0.2) is 21.6 Å². The van der Waals surface area contributed by atoms with E-state index in [0.29, 0.717) is 18.8 Å². The summed E-state index contributed by atoms with van der Waals surface area (Å²) in [4.78, 5) is 10.8. The minimum absolute atomic E-state index is 0.0413. The van der Waals surface area contributed by atoms with E-state index in [1.807, 2.05) is 0 Å². The van der Waals surface area contributed by atoms with Gasteiger partial charge in [-0.3, -0.25) is 0 Å². The first-order chi connectivity index (χ1) is 9.22. The van der Waals surface area contributed by atoms with Gasteiger partial charge in [0.25, 0.3) is 10.0 Å². The van der Waals surface area contributed by atoms with Gasteiger partial charge in [0.05, 0.1) is 0 Å². The molecule has 1 aliphatic heterocycles. The number of furan rings is 1. The molecule has 0 radical (unpaired) electrons. The monoisotopic (exact) mass is 319 g/mol. The van der Waals surface area contributed by atoms with Gasteiger partial charge in [-0.15, -0.1) is 0 Å². The maximum absolute atomic E-state index is 12.4. The maximum Gasteiger partial charge on any atom is 0.371 e. The number of hydrogen-bond donors (Lipinski definition) is 1. The molecule has 0 spiro atoms. The fraction of sp³-hybridized carbons (Fsp3) is 0.583. The van der Waals surface area contributed by atoms with E-state index < -0.39 is 16.0 Å². The molecule has 6 nitrogen and oxygen atoms in total. The highest BCUT2D eigenvalue weighted by Gasteiger charge is 2.33. The molecule has 1 aliphatic rings. The van der Waals surface area contributed by atoms with Crippen LogP contribution in [0.5, 0.6) is 0 Å². The SMILES string of the molecule is CC1(C)CCN(S(=O)(=O)c2ccc(C(=O)O)o2)CCS1. The first-order valence-corrected chi connectivity index (χ1v) is 8.62. The topological polar surface area (TPSA) is 87.8 Å². The number of carboxylic acids is 1. The Labute approximate surface area is 122 Å². The van der Waals surface area contributed by atoms with Crippen LogP contribution in [-0.4, -0.2) is 47.4 Å². The Kier molecular flexibility index (Phi) is 4.17. The Hall–Kier alpha value is -0.990. The van der Waals surface area contributed by atoms with Crippen molar-refractivity contribution in [2.45, 2.75) is 30.1 Å². The molecule has 0 bridgehead atoms. The molecule has 8 heteroatoms. The summed E-state index contributed by atoms with van der Waals surface area (Å²) in [6.07, 6.45) is 0.739. The number of sulfonamides is 1. The summed E-state index contributed by atoms with van der Waals surface area (Å²) >= 11 is 1.74. The summed E-state index contributed by atoms with van der Waals surface area (Å²) in [5, 5.41) is 8.48. The lowest BCUT2D eigenvalue weighted by atomic mass is 10.1. The normalized spacial score (nSPS) is 20.5. The predicted molar refractivity (Wildman–Crippen MR) is 75.6 cm³/mol. The van der Waals surface area contributed by atoms with E-state index in [1.165, 1.54) is 10.4 Å². The van der Waals surface area contributed by atoms with Gasteiger partial charge in [0.15, 0.2) is 0 Å². The Morgan fingerprint density at radius 2 is 2.10 bits per heavy atom. The Bertz CT molecular complexity index is 605. The number of hydrogen-bond acceptors (Lipinski definition) is 5. The van der Waals surface area contributed by atoms with Crippen LogP contribution in [0.1, 0.15) is 30.8 Å². The zero-order valence-corrected chi connectivity index (χ0v) is 13.0. The van der Waals surface area contributed by atoms with Crippen LogP contribution in [0, 0.1) is 0 Å². The largest absolute Gasteiger partial charge is 0.475 e. The van der Waals surface area contributed by atoms with Gasteiger partial charge in [-0.2, -0.15) is 16.1 Å². The number of aromatic carboxylic acids is 1. The molecule has 0 saturated carbocycles. The van der Waals surface area contributed by atoms with Crippen molar-refractivity contribution in [3.8, 4) is 0 Å². The van der Waals surface area contributed by atoms with Crippen LogP contribution in [0.4, 0.5) is 0 Å². The molecular formula is C12H17NO5S2. The molecule has 0 aliphatic carbocycles. The lowest BCUT2D eigenvalue weighted by molar-refractivity contribution is 0.0656. The van der Waals surface area contributed by atoms with Crippen LogP contribution < -0.4 is 0 Å². The average Bonchev–Trinajstić information content (AvgIpc) is 2.76. The third kappa shape index (κ3) is 3.18. The number of carbonyl (C=O) groups is 1. The first-order valence-electron chi connectivity index (χ1n) is 6.20. The molecule has 0 atom stereocenters. The van der Waals surface area contributed by atoms with Crippen molar-refractivity contribution in [1.29, 1.82) is 0 Å². The Morgan fingerprint density at radius 1 is 1.40 bits per heavy atom. The predicted octanol–water partition coefficient (Wildman–Crippen LogP) is 1.88. The van der Waals surface area contributed by atoms with E-state index in [0.717, 1.165) is 12.5 Å². The van der Waals surface area contributed by atoms with E-state index in [-0.39, 0.29) is 15.6 Å². The summed E-state index contributed by atoms with van der Waals surface area (Å²) in [6.45, 7) is 4.98. The van der Waals surface area contributed by atoms with Gasteiger partial charge in [0.1, 0.15) is 0 Å². The number of thioether (sulfide) groups is 1. The first kappa shape index (κ1) is 15.4. The average molecular weight is 319 g/mol. The lowest BCUT2D eigenvalue weighted by Crippen LogP contribution is -2.33. The second-order valence-corrected chi connectivity index (χ2v) is 8.86. The van der Waals surface area contributed by atoms with Gasteiger partial charge in [0, 0.05) is 23.6 Å². The molecule has 1 fully saturated rings. The number of nitrogens with zero attached hydrogens (tertiary/aromatic N) is 1. The van der Waals surface area contributed by atoms with Crippen molar-refractivity contribution in [1.82, 2.24) is 4.31 Å².